The Hall–Kier alpha value is -0.720. The third kappa shape index (κ3) is 5.29. The minimum Gasteiger partial charge on any atom is -0.393 e. The Bertz CT molecular complexity index is 291. The molecule has 1 amide bonds. The molecule has 0 aromatic rings. The van der Waals surface area contributed by atoms with Crippen molar-refractivity contribution in [2.24, 2.45) is 11.7 Å². The number of rotatable bonds is 6. The van der Waals surface area contributed by atoms with Crippen LogP contribution in [-0.4, -0.2) is 55.2 Å². The predicted octanol–water partition coefficient (Wildman–Crippen LogP) is 0.136. The van der Waals surface area contributed by atoms with E-state index in [1.54, 1.807) is 7.11 Å². The Morgan fingerprint density at radius 3 is 2.67 bits per heavy atom. The maximum Gasteiger partial charge on any atom is 0.234 e. The van der Waals surface area contributed by atoms with Crippen molar-refractivity contribution in [3.63, 3.8) is 0 Å². The first-order valence-corrected chi connectivity index (χ1v) is 6.73. The van der Waals surface area contributed by atoms with Crippen molar-refractivity contribution in [1.29, 1.82) is 0 Å². The molecule has 5 nitrogen and oxygen atoms in total. The molecule has 1 unspecified atom stereocenters. The fourth-order valence-corrected chi connectivity index (χ4v) is 2.43. The molecular weight excluding hydrogens is 250 g/mol. The number of nitrogens with two attached hydrogens (primary N) is 1. The van der Waals surface area contributed by atoms with Crippen LogP contribution in [0.2, 0.25) is 0 Å². The van der Waals surface area contributed by atoms with Crippen molar-refractivity contribution in [3.8, 4) is 0 Å². The Labute approximate surface area is 114 Å². The molecule has 6 heteroatoms. The maximum atomic E-state index is 11.8. The van der Waals surface area contributed by atoms with Crippen LogP contribution in [0, 0.1) is 5.92 Å². The van der Waals surface area contributed by atoms with Crippen LogP contribution < -0.4 is 11.1 Å². The lowest BCUT2D eigenvalue weighted by atomic mass is 9.97. The SMILES string of the molecule is COCC(C)NC(=O)CN1CCC(C(N)=S)CC1. The molecular formula is C12H23N3O2S. The summed E-state index contributed by atoms with van der Waals surface area (Å²) >= 11 is 4.99. The molecule has 1 rings (SSSR count). The van der Waals surface area contributed by atoms with Crippen LogP contribution in [-0.2, 0) is 9.53 Å². The van der Waals surface area contributed by atoms with E-state index in [9.17, 15) is 4.79 Å². The highest BCUT2D eigenvalue weighted by Gasteiger charge is 2.22. The average Bonchev–Trinajstić information content (AvgIpc) is 2.29. The van der Waals surface area contributed by atoms with E-state index in [4.69, 9.17) is 22.7 Å². The van der Waals surface area contributed by atoms with Crippen molar-refractivity contribution in [2.75, 3.05) is 33.4 Å². The van der Waals surface area contributed by atoms with Crippen LogP contribution in [0.25, 0.3) is 0 Å². The molecule has 1 atom stereocenters. The molecule has 1 heterocycles. The van der Waals surface area contributed by atoms with Gasteiger partial charge in [0, 0.05) is 19.1 Å². The smallest absolute Gasteiger partial charge is 0.234 e. The predicted molar refractivity (Wildman–Crippen MR) is 75.4 cm³/mol. The summed E-state index contributed by atoms with van der Waals surface area (Å²) in [6.45, 7) is 4.68. The molecule has 0 bridgehead atoms. The number of hydrogen-bond donors (Lipinski definition) is 2. The first kappa shape index (κ1) is 15.3. The van der Waals surface area contributed by atoms with Gasteiger partial charge < -0.3 is 15.8 Å². The summed E-state index contributed by atoms with van der Waals surface area (Å²) < 4.78 is 4.98. The van der Waals surface area contributed by atoms with Crippen LogP contribution in [0.4, 0.5) is 0 Å². The number of nitrogens with zero attached hydrogens (tertiary/aromatic N) is 1. The Kier molecular flexibility index (Phi) is 6.52. The monoisotopic (exact) mass is 273 g/mol. The third-order valence-corrected chi connectivity index (χ3v) is 3.51. The number of carbonyl (C=O) groups is 1. The highest BCUT2D eigenvalue weighted by atomic mass is 32.1. The van der Waals surface area contributed by atoms with Crippen molar-refractivity contribution >= 4 is 23.1 Å². The van der Waals surface area contributed by atoms with Gasteiger partial charge in [0.2, 0.25) is 5.91 Å². The second-order valence-corrected chi connectivity index (χ2v) is 5.35. The van der Waals surface area contributed by atoms with Gasteiger partial charge in [-0.3, -0.25) is 9.69 Å². The zero-order chi connectivity index (χ0) is 13.5. The quantitative estimate of drug-likeness (QED) is 0.674. The molecule has 0 saturated carbocycles. The second kappa shape index (κ2) is 7.66. The molecule has 1 saturated heterocycles. The van der Waals surface area contributed by atoms with Crippen LogP contribution in [0.1, 0.15) is 19.8 Å². The van der Waals surface area contributed by atoms with Gasteiger partial charge in [-0.05, 0) is 32.9 Å². The summed E-state index contributed by atoms with van der Waals surface area (Å²) in [5, 5.41) is 2.91. The summed E-state index contributed by atoms with van der Waals surface area (Å²) in [7, 11) is 1.63. The molecule has 0 aromatic heterocycles. The summed E-state index contributed by atoms with van der Waals surface area (Å²) in [6, 6.07) is 0.0525. The Morgan fingerprint density at radius 2 is 2.17 bits per heavy atom. The van der Waals surface area contributed by atoms with Gasteiger partial charge in [0.15, 0.2) is 0 Å². The van der Waals surface area contributed by atoms with Crippen molar-refractivity contribution in [1.82, 2.24) is 10.2 Å². The van der Waals surface area contributed by atoms with Gasteiger partial charge in [-0.15, -0.1) is 0 Å². The van der Waals surface area contributed by atoms with Gasteiger partial charge in [0.05, 0.1) is 18.1 Å². The first-order valence-electron chi connectivity index (χ1n) is 6.33. The topological polar surface area (TPSA) is 67.6 Å². The van der Waals surface area contributed by atoms with Crippen LogP contribution in [0.15, 0.2) is 0 Å². The van der Waals surface area contributed by atoms with Crippen LogP contribution >= 0.6 is 12.2 Å². The van der Waals surface area contributed by atoms with E-state index in [-0.39, 0.29) is 11.9 Å². The van der Waals surface area contributed by atoms with E-state index in [0.717, 1.165) is 25.9 Å². The van der Waals surface area contributed by atoms with Gasteiger partial charge in [-0.2, -0.15) is 0 Å². The molecule has 0 spiro atoms. The summed E-state index contributed by atoms with van der Waals surface area (Å²) in [6.07, 6.45) is 1.91. The lowest BCUT2D eigenvalue weighted by Gasteiger charge is -2.31. The molecule has 0 radical (unpaired) electrons. The minimum absolute atomic E-state index is 0.0494. The van der Waals surface area contributed by atoms with Gasteiger partial charge in [-0.25, -0.2) is 0 Å². The fraction of sp³-hybridized carbons (Fsp3) is 0.833. The molecule has 1 aliphatic heterocycles. The number of nitrogens with one attached hydrogen (secondary N) is 1. The zero-order valence-electron chi connectivity index (χ0n) is 11.1. The van der Waals surface area contributed by atoms with E-state index in [2.05, 4.69) is 10.2 Å². The van der Waals surface area contributed by atoms with Crippen LogP contribution in [0.3, 0.4) is 0 Å². The minimum atomic E-state index is 0.0494. The van der Waals surface area contributed by atoms with Crippen molar-refractivity contribution < 1.29 is 9.53 Å². The maximum absolute atomic E-state index is 11.8. The number of likely N-dealkylation sites (tertiary alicyclic amines) is 1. The lowest BCUT2D eigenvalue weighted by molar-refractivity contribution is -0.123. The Balaban J connectivity index is 2.24. The van der Waals surface area contributed by atoms with E-state index in [1.807, 2.05) is 6.92 Å². The third-order valence-electron chi connectivity index (χ3n) is 3.18. The average molecular weight is 273 g/mol. The number of ether oxygens (including phenoxy) is 1. The molecule has 18 heavy (non-hydrogen) atoms. The standard InChI is InChI=1S/C12H23N3O2S/c1-9(8-17-2)14-11(16)7-15-5-3-10(4-6-15)12(13)18/h9-10H,3-8H2,1-2H3,(H2,13,18)(H,14,16). The number of piperidine rings is 1. The van der Waals surface area contributed by atoms with E-state index in [1.165, 1.54) is 0 Å². The molecule has 104 valence electrons. The summed E-state index contributed by atoms with van der Waals surface area (Å²) in [4.78, 5) is 14.5. The second-order valence-electron chi connectivity index (χ2n) is 4.88. The highest BCUT2D eigenvalue weighted by Crippen LogP contribution is 2.16. The highest BCUT2D eigenvalue weighted by molar-refractivity contribution is 7.80. The van der Waals surface area contributed by atoms with Crippen molar-refractivity contribution in [3.05, 3.63) is 0 Å². The number of hydrogen-bond acceptors (Lipinski definition) is 4. The first-order chi connectivity index (χ1) is 8.52. The lowest BCUT2D eigenvalue weighted by Crippen LogP contribution is -2.45. The van der Waals surface area contributed by atoms with Gasteiger partial charge in [-0.1, -0.05) is 12.2 Å². The fourth-order valence-electron chi connectivity index (χ4n) is 2.19. The van der Waals surface area contributed by atoms with Gasteiger partial charge >= 0.3 is 0 Å². The largest absolute Gasteiger partial charge is 0.393 e. The van der Waals surface area contributed by atoms with E-state index in [0.29, 0.717) is 24.1 Å². The molecule has 1 fully saturated rings. The number of amides is 1. The van der Waals surface area contributed by atoms with Crippen molar-refractivity contribution in [2.45, 2.75) is 25.8 Å². The number of carbonyl (C=O) groups excluding carboxylic acids is 1. The number of thiocarbonyl (C=S) groups is 1. The van der Waals surface area contributed by atoms with Gasteiger partial charge in [0.1, 0.15) is 0 Å². The normalized spacial score (nSPS) is 19.4. The zero-order valence-corrected chi connectivity index (χ0v) is 12.0. The van der Waals surface area contributed by atoms with E-state index < -0.39 is 0 Å². The Morgan fingerprint density at radius 1 is 1.56 bits per heavy atom. The number of methoxy groups -OCH3 is 1. The summed E-state index contributed by atoms with van der Waals surface area (Å²) in [5.41, 5.74) is 5.63. The summed E-state index contributed by atoms with van der Waals surface area (Å²) in [5.74, 6) is 0.389. The van der Waals surface area contributed by atoms with E-state index >= 15 is 0 Å². The molecule has 1 aliphatic rings. The van der Waals surface area contributed by atoms with Gasteiger partial charge in [0.25, 0.3) is 0 Å². The molecule has 0 aromatic carbocycles. The molecule has 0 aliphatic carbocycles. The molecule has 3 N–H and O–H groups in total. The van der Waals surface area contributed by atoms with Crippen LogP contribution in [0.5, 0.6) is 0 Å².